The highest BCUT2D eigenvalue weighted by Crippen LogP contribution is 2.46. The van der Waals surface area contributed by atoms with Gasteiger partial charge in [0, 0.05) is 11.3 Å². The molecule has 0 heterocycles. The number of sulfonamides is 1. The van der Waals surface area contributed by atoms with Crippen LogP contribution in [0.5, 0.6) is 0 Å². The molecule has 0 spiro atoms. The Kier molecular flexibility index (Phi) is 3.47. The highest BCUT2D eigenvalue weighted by atomic mass is 32.2. The Morgan fingerprint density at radius 1 is 1.35 bits per heavy atom. The lowest BCUT2D eigenvalue weighted by atomic mass is 10.4. The van der Waals surface area contributed by atoms with Crippen LogP contribution in [0.2, 0.25) is 0 Å². The first-order valence-corrected chi connectivity index (χ1v) is 7.99. The summed E-state index contributed by atoms with van der Waals surface area (Å²) in [6, 6.07) is 4.85. The molecule has 1 aromatic carbocycles. The highest BCUT2D eigenvalue weighted by molar-refractivity contribution is 8.00. The van der Waals surface area contributed by atoms with Crippen molar-refractivity contribution in [1.29, 1.82) is 0 Å². The standard InChI is InChI=1S/C11H14FNO2S2/c1-16-11(6-7-11)8-13-17(14,15)10-4-2-9(12)3-5-10/h2-5,13H,6-8H2,1H3. The molecular formula is C11H14FNO2S2. The fourth-order valence-electron chi connectivity index (χ4n) is 1.52. The third kappa shape index (κ3) is 3.00. The number of rotatable bonds is 5. The normalized spacial score (nSPS) is 18.0. The van der Waals surface area contributed by atoms with Gasteiger partial charge in [0.25, 0.3) is 0 Å². The minimum absolute atomic E-state index is 0.0765. The Hall–Kier alpha value is -0.590. The lowest BCUT2D eigenvalue weighted by Crippen LogP contribution is -2.31. The molecule has 0 saturated heterocycles. The molecule has 0 aliphatic heterocycles. The first kappa shape index (κ1) is 12.9. The van der Waals surface area contributed by atoms with Gasteiger partial charge in [0.2, 0.25) is 10.0 Å². The molecule has 1 aromatic rings. The summed E-state index contributed by atoms with van der Waals surface area (Å²) in [6.45, 7) is 0.438. The lowest BCUT2D eigenvalue weighted by Gasteiger charge is -2.13. The molecule has 1 fully saturated rings. The van der Waals surface area contributed by atoms with Crippen LogP contribution in [0.15, 0.2) is 29.2 Å². The van der Waals surface area contributed by atoms with E-state index in [0.29, 0.717) is 6.54 Å². The third-order valence-corrected chi connectivity index (χ3v) is 5.78. The molecule has 0 unspecified atom stereocenters. The first-order valence-electron chi connectivity index (χ1n) is 5.28. The summed E-state index contributed by atoms with van der Waals surface area (Å²) >= 11 is 1.69. The van der Waals surface area contributed by atoms with Gasteiger partial charge in [-0.3, -0.25) is 0 Å². The van der Waals surface area contributed by atoms with Crippen molar-refractivity contribution in [2.75, 3.05) is 12.8 Å². The van der Waals surface area contributed by atoms with Crippen LogP contribution in [0.25, 0.3) is 0 Å². The van der Waals surface area contributed by atoms with E-state index in [4.69, 9.17) is 0 Å². The van der Waals surface area contributed by atoms with E-state index in [2.05, 4.69) is 4.72 Å². The number of hydrogen-bond donors (Lipinski definition) is 1. The van der Waals surface area contributed by atoms with E-state index in [1.165, 1.54) is 12.1 Å². The monoisotopic (exact) mass is 275 g/mol. The summed E-state index contributed by atoms with van der Waals surface area (Å²) in [5.41, 5.74) is 0. The van der Waals surface area contributed by atoms with Crippen molar-refractivity contribution < 1.29 is 12.8 Å². The van der Waals surface area contributed by atoms with Gasteiger partial charge in [-0.25, -0.2) is 17.5 Å². The molecule has 6 heteroatoms. The van der Waals surface area contributed by atoms with Gasteiger partial charge in [-0.15, -0.1) is 0 Å². The molecule has 1 aliphatic carbocycles. The van der Waals surface area contributed by atoms with E-state index in [1.807, 2.05) is 6.26 Å². The number of nitrogens with one attached hydrogen (secondary N) is 1. The molecule has 94 valence electrons. The predicted molar refractivity (Wildman–Crippen MR) is 67.1 cm³/mol. The maximum atomic E-state index is 12.7. The van der Waals surface area contributed by atoms with Gasteiger partial charge >= 0.3 is 0 Å². The minimum atomic E-state index is -3.51. The quantitative estimate of drug-likeness (QED) is 0.894. The molecular weight excluding hydrogens is 261 g/mol. The summed E-state index contributed by atoms with van der Waals surface area (Å²) in [7, 11) is -3.51. The Morgan fingerprint density at radius 3 is 2.41 bits per heavy atom. The topological polar surface area (TPSA) is 46.2 Å². The maximum Gasteiger partial charge on any atom is 0.240 e. The summed E-state index contributed by atoms with van der Waals surface area (Å²) < 4.78 is 39.1. The van der Waals surface area contributed by atoms with E-state index < -0.39 is 15.8 Å². The van der Waals surface area contributed by atoms with E-state index in [9.17, 15) is 12.8 Å². The minimum Gasteiger partial charge on any atom is -0.210 e. The molecule has 0 aromatic heterocycles. The van der Waals surface area contributed by atoms with Crippen LogP contribution in [0, 0.1) is 5.82 Å². The zero-order valence-corrected chi connectivity index (χ0v) is 11.1. The van der Waals surface area contributed by atoms with E-state index in [1.54, 1.807) is 11.8 Å². The Bertz CT molecular complexity index is 495. The fraction of sp³-hybridized carbons (Fsp3) is 0.455. The second-order valence-corrected chi connectivity index (χ2v) is 7.21. The second-order valence-electron chi connectivity index (χ2n) is 4.17. The smallest absolute Gasteiger partial charge is 0.210 e. The molecule has 0 bridgehead atoms. The van der Waals surface area contributed by atoms with Crippen LogP contribution in [0.1, 0.15) is 12.8 Å². The molecule has 1 aliphatic rings. The SMILES string of the molecule is CSC1(CNS(=O)(=O)c2ccc(F)cc2)CC1. The number of thioether (sulfide) groups is 1. The van der Waals surface area contributed by atoms with Crippen LogP contribution < -0.4 is 4.72 Å². The van der Waals surface area contributed by atoms with E-state index in [0.717, 1.165) is 25.0 Å². The summed E-state index contributed by atoms with van der Waals surface area (Å²) in [4.78, 5) is 0.107. The fourth-order valence-corrected chi connectivity index (χ4v) is 3.46. The van der Waals surface area contributed by atoms with Gasteiger partial charge in [0.1, 0.15) is 5.82 Å². The average molecular weight is 275 g/mol. The highest BCUT2D eigenvalue weighted by Gasteiger charge is 2.42. The summed E-state index contributed by atoms with van der Waals surface area (Å²) in [5, 5.41) is 0. The van der Waals surface area contributed by atoms with Gasteiger partial charge < -0.3 is 0 Å². The van der Waals surface area contributed by atoms with Crippen molar-refractivity contribution in [3.63, 3.8) is 0 Å². The van der Waals surface area contributed by atoms with Gasteiger partial charge in [0.05, 0.1) is 4.90 Å². The largest absolute Gasteiger partial charge is 0.240 e. The van der Waals surface area contributed by atoms with Crippen molar-refractivity contribution in [1.82, 2.24) is 4.72 Å². The van der Waals surface area contributed by atoms with Crippen LogP contribution in [0.3, 0.4) is 0 Å². The Labute approximate surface area is 105 Å². The van der Waals surface area contributed by atoms with Crippen LogP contribution >= 0.6 is 11.8 Å². The van der Waals surface area contributed by atoms with Crippen molar-refractivity contribution in [3.8, 4) is 0 Å². The second kappa shape index (κ2) is 4.59. The molecule has 3 nitrogen and oxygen atoms in total. The van der Waals surface area contributed by atoms with Gasteiger partial charge in [-0.05, 0) is 43.4 Å². The first-order chi connectivity index (χ1) is 7.97. The molecule has 0 radical (unpaired) electrons. The zero-order chi connectivity index (χ0) is 12.5. The predicted octanol–water partition coefficient (Wildman–Crippen LogP) is 2.00. The van der Waals surface area contributed by atoms with Gasteiger partial charge in [0.15, 0.2) is 0 Å². The van der Waals surface area contributed by atoms with Crippen LogP contribution in [0.4, 0.5) is 4.39 Å². The average Bonchev–Trinajstić information content (AvgIpc) is 3.08. The molecule has 1 saturated carbocycles. The Morgan fingerprint density at radius 2 is 1.94 bits per heavy atom. The molecule has 1 N–H and O–H groups in total. The van der Waals surface area contributed by atoms with E-state index >= 15 is 0 Å². The third-order valence-electron chi connectivity index (χ3n) is 2.95. The molecule has 0 atom stereocenters. The van der Waals surface area contributed by atoms with Crippen molar-refractivity contribution in [2.45, 2.75) is 22.5 Å². The van der Waals surface area contributed by atoms with Crippen molar-refractivity contribution in [3.05, 3.63) is 30.1 Å². The van der Waals surface area contributed by atoms with Crippen molar-refractivity contribution in [2.24, 2.45) is 0 Å². The number of benzene rings is 1. The van der Waals surface area contributed by atoms with E-state index in [-0.39, 0.29) is 9.64 Å². The zero-order valence-electron chi connectivity index (χ0n) is 9.44. The maximum absolute atomic E-state index is 12.7. The summed E-state index contributed by atoms with van der Waals surface area (Å²) in [6.07, 6.45) is 4.07. The lowest BCUT2D eigenvalue weighted by molar-refractivity contribution is 0.579. The van der Waals surface area contributed by atoms with Crippen molar-refractivity contribution >= 4 is 21.8 Å². The van der Waals surface area contributed by atoms with Gasteiger partial charge in [-0.2, -0.15) is 11.8 Å². The molecule has 17 heavy (non-hydrogen) atoms. The molecule has 2 rings (SSSR count). The van der Waals surface area contributed by atoms with Crippen LogP contribution in [-0.4, -0.2) is 26.0 Å². The van der Waals surface area contributed by atoms with Gasteiger partial charge in [-0.1, -0.05) is 0 Å². The number of halogens is 1. The molecule has 0 amide bonds. The van der Waals surface area contributed by atoms with Crippen LogP contribution in [-0.2, 0) is 10.0 Å². The Balaban J connectivity index is 2.06. The number of hydrogen-bond acceptors (Lipinski definition) is 3. The summed E-state index contributed by atoms with van der Waals surface area (Å²) in [5.74, 6) is -0.438.